The Labute approximate surface area is 378 Å². The molecule has 3 fully saturated rings. The monoisotopic (exact) mass is 898 g/mol. The number of hydrogen-bond acceptors (Lipinski definition) is 10. The number of hydrazine groups is 1. The van der Waals surface area contributed by atoms with E-state index < -0.39 is 23.5 Å². The maximum Gasteiger partial charge on any atom is 0.324 e. The molecule has 1 spiro atoms. The van der Waals surface area contributed by atoms with Gasteiger partial charge in [0.15, 0.2) is 0 Å². The number of aryl methyl sites for hydroxylation is 1. The molecule has 4 aliphatic rings. The number of pyridine rings is 1. The molecule has 17 heteroatoms. The molecule has 1 aliphatic carbocycles. The average Bonchev–Trinajstić information content (AvgIpc) is 3.76. The summed E-state index contributed by atoms with van der Waals surface area (Å²) in [6.45, 7) is 11.1. The van der Waals surface area contributed by atoms with Gasteiger partial charge in [0.1, 0.15) is 12.1 Å². The lowest BCUT2D eigenvalue weighted by Crippen LogP contribution is -2.69. The zero-order valence-electron chi connectivity index (χ0n) is 35.8. The number of carbonyl (C=O) groups is 3. The van der Waals surface area contributed by atoms with E-state index >= 15 is 0 Å². The number of rotatable bonds is 6. The maximum absolute atomic E-state index is 14.3. The fraction of sp³-hybridized carbons (Fsp3) is 0.558. The number of likely N-dealkylation sites (tertiary alicyclic amines) is 1. The number of carbonyl (C=O) groups excluding carboxylic acids is 3. The summed E-state index contributed by atoms with van der Waals surface area (Å²) in [6, 6.07) is 9.32. The van der Waals surface area contributed by atoms with Crippen molar-refractivity contribution >= 4 is 80.6 Å². The zero-order valence-corrected chi connectivity index (χ0v) is 39.6. The number of cyclic esters (lactones) is 1. The molecule has 328 valence electrons. The Bertz CT molecular complexity index is 2180. The summed E-state index contributed by atoms with van der Waals surface area (Å²) < 4.78 is 14.2. The number of fused-ring (bicyclic) bond motifs is 6. The minimum Gasteiger partial charge on any atom is -0.464 e. The lowest BCUT2D eigenvalue weighted by Gasteiger charge is -2.60. The number of esters is 1. The van der Waals surface area contributed by atoms with E-state index in [1.54, 1.807) is 7.11 Å². The topological polar surface area (TPSA) is 134 Å². The number of urea groups is 1. The van der Waals surface area contributed by atoms with Crippen molar-refractivity contribution in [1.29, 1.82) is 0 Å². The molecule has 4 aromatic rings. The van der Waals surface area contributed by atoms with E-state index in [-0.39, 0.29) is 77.0 Å². The van der Waals surface area contributed by atoms with Crippen molar-refractivity contribution in [2.24, 2.45) is 10.8 Å². The molecule has 8 rings (SSSR count). The number of amides is 3. The van der Waals surface area contributed by atoms with Gasteiger partial charge in [0, 0.05) is 90.2 Å². The number of ether oxygens (including phenoxy) is 2. The Morgan fingerprint density at radius 3 is 2.60 bits per heavy atom. The fourth-order valence-electron chi connectivity index (χ4n) is 9.27. The Morgan fingerprint density at radius 2 is 1.90 bits per heavy atom. The highest BCUT2D eigenvalue weighted by Gasteiger charge is 2.54. The fourth-order valence-corrected chi connectivity index (χ4v) is 10.1. The van der Waals surface area contributed by atoms with Crippen molar-refractivity contribution in [2.45, 2.75) is 97.0 Å². The number of nitrogens with zero attached hydrogens (tertiary/aromatic N) is 6. The molecule has 2 N–H and O–H groups in total. The SMILES string of the molecule is CCn1c(-c2cccnc2[C@H](C)OC)c2c3cc(ccc31)-c1csc(n1)C[C@H](NC(=O)N1CC3(CC(N(C)C)C3)C1)C(=O)N1CCC[C@H](N1)C(=O)OCC(C)(C)C2.S.S.S. The summed E-state index contributed by atoms with van der Waals surface area (Å²) in [7, 11) is 5.91. The highest BCUT2D eigenvalue weighted by molar-refractivity contribution is 7.59. The Balaban J connectivity index is 0.00000228. The van der Waals surface area contributed by atoms with Gasteiger partial charge in [-0.2, -0.15) is 40.5 Å². The largest absolute Gasteiger partial charge is 0.464 e. The van der Waals surface area contributed by atoms with E-state index in [4.69, 9.17) is 19.4 Å². The van der Waals surface area contributed by atoms with Crippen LogP contribution in [0.2, 0.25) is 0 Å². The summed E-state index contributed by atoms with van der Waals surface area (Å²) in [4.78, 5) is 55.7. The third-order valence-electron chi connectivity index (χ3n) is 12.5. The van der Waals surface area contributed by atoms with E-state index in [0.29, 0.717) is 44.9 Å². The third kappa shape index (κ3) is 9.23. The molecule has 1 saturated carbocycles. The van der Waals surface area contributed by atoms with Gasteiger partial charge in [-0.05, 0) is 89.9 Å². The lowest BCUT2D eigenvalue weighted by atomic mass is 9.60. The van der Waals surface area contributed by atoms with Crippen molar-refractivity contribution in [3.63, 3.8) is 0 Å². The van der Waals surface area contributed by atoms with Crippen LogP contribution in [0.4, 0.5) is 4.79 Å². The lowest BCUT2D eigenvalue weighted by molar-refractivity contribution is -0.155. The number of benzene rings is 1. The van der Waals surface area contributed by atoms with Crippen molar-refractivity contribution in [1.82, 2.24) is 40.1 Å². The summed E-state index contributed by atoms with van der Waals surface area (Å²) >= 11 is 1.49. The van der Waals surface area contributed by atoms with Crippen molar-refractivity contribution < 1.29 is 23.9 Å². The molecule has 0 radical (unpaired) electrons. The van der Waals surface area contributed by atoms with E-state index in [9.17, 15) is 14.4 Å². The predicted molar refractivity (Wildman–Crippen MR) is 252 cm³/mol. The molecule has 1 aromatic carbocycles. The van der Waals surface area contributed by atoms with Crippen LogP contribution in [0.1, 0.15) is 75.7 Å². The van der Waals surface area contributed by atoms with E-state index in [1.807, 2.05) is 29.5 Å². The van der Waals surface area contributed by atoms with Crippen LogP contribution in [0, 0.1) is 10.8 Å². The van der Waals surface area contributed by atoms with Gasteiger partial charge in [0.25, 0.3) is 5.91 Å². The van der Waals surface area contributed by atoms with Crippen LogP contribution in [-0.4, -0.2) is 113 Å². The third-order valence-corrected chi connectivity index (χ3v) is 13.4. The Hall–Kier alpha value is -3.32. The predicted octanol–water partition coefficient (Wildman–Crippen LogP) is 6.16. The van der Waals surface area contributed by atoms with Gasteiger partial charge < -0.3 is 29.2 Å². The zero-order chi connectivity index (χ0) is 40.2. The van der Waals surface area contributed by atoms with Gasteiger partial charge in [-0.3, -0.25) is 19.6 Å². The van der Waals surface area contributed by atoms with Gasteiger partial charge in [-0.25, -0.2) is 15.2 Å². The molecule has 6 heterocycles. The molecule has 6 bridgehead atoms. The first-order valence-electron chi connectivity index (χ1n) is 20.3. The normalized spacial score (nSPS) is 21.7. The summed E-state index contributed by atoms with van der Waals surface area (Å²) in [6.07, 6.45) is 5.76. The van der Waals surface area contributed by atoms with Crippen molar-refractivity contribution in [2.75, 3.05) is 47.4 Å². The van der Waals surface area contributed by atoms with Crippen molar-refractivity contribution in [3.8, 4) is 22.5 Å². The van der Waals surface area contributed by atoms with E-state index in [0.717, 1.165) is 69.1 Å². The molecule has 0 unspecified atom stereocenters. The van der Waals surface area contributed by atoms with Crippen molar-refractivity contribution in [3.05, 3.63) is 58.2 Å². The molecule has 3 aromatic heterocycles. The van der Waals surface area contributed by atoms with Gasteiger partial charge in [0.05, 0.1) is 34.8 Å². The number of hydrogen-bond donors (Lipinski definition) is 2. The first-order chi connectivity index (χ1) is 27.3. The summed E-state index contributed by atoms with van der Waals surface area (Å²) in [5, 5.41) is 8.46. The molecule has 60 heavy (non-hydrogen) atoms. The van der Waals surface area contributed by atoms with Gasteiger partial charge in [-0.1, -0.05) is 19.9 Å². The van der Waals surface area contributed by atoms with Crippen LogP contribution in [0.25, 0.3) is 33.4 Å². The molecule has 3 aliphatic heterocycles. The molecular weight excluding hydrogens is 837 g/mol. The van der Waals surface area contributed by atoms with Gasteiger partial charge >= 0.3 is 12.0 Å². The van der Waals surface area contributed by atoms with Crippen LogP contribution in [-0.2, 0) is 38.4 Å². The second kappa shape index (κ2) is 19.0. The molecule has 2 saturated heterocycles. The van der Waals surface area contributed by atoms with E-state index in [2.05, 4.69) is 79.3 Å². The number of thiazole rings is 1. The standard InChI is InChI=1S/C43H56N8O5S.3H2S/c1-8-50-35-14-13-27-17-30(35)31(38(50)29-11-9-15-44-37(29)26(2)55-7)21-42(3,4)25-56-40(53)32-12-10-16-51(47-32)39(52)33(18-36-45-34(27)22-57-36)46-41(54)49-23-43(24-49)19-28(20-43)48(5)6;;;/h9,11,13-15,17,22,26,28,32-33,47H,8,10,12,16,18-21,23-25H2,1-7H3,(H,46,54);3*1H2/t26-,32-,33-;;;/m0.../s1. The maximum atomic E-state index is 14.3. The number of nitrogens with one attached hydrogen (secondary N) is 2. The highest BCUT2D eigenvalue weighted by atomic mass is 32.1. The number of aromatic nitrogens is 3. The van der Waals surface area contributed by atoms with Crippen LogP contribution in [0.15, 0.2) is 41.9 Å². The van der Waals surface area contributed by atoms with E-state index in [1.165, 1.54) is 16.3 Å². The van der Waals surface area contributed by atoms with Crippen LogP contribution in [0.5, 0.6) is 0 Å². The average molecular weight is 899 g/mol. The molecular formula is C43H62N8O5S4. The highest BCUT2D eigenvalue weighted by Crippen LogP contribution is 2.50. The minimum absolute atomic E-state index is 0. The van der Waals surface area contributed by atoms with Crippen LogP contribution >= 0.6 is 51.8 Å². The van der Waals surface area contributed by atoms with Gasteiger partial charge in [-0.15, -0.1) is 11.3 Å². The van der Waals surface area contributed by atoms with Crippen LogP contribution < -0.4 is 10.7 Å². The second-order valence-electron chi connectivity index (χ2n) is 17.6. The smallest absolute Gasteiger partial charge is 0.324 e. The minimum atomic E-state index is -0.873. The molecule has 3 atom stereocenters. The quantitative estimate of drug-likeness (QED) is 0.219. The Morgan fingerprint density at radius 1 is 1.15 bits per heavy atom. The number of methoxy groups -OCH3 is 1. The summed E-state index contributed by atoms with van der Waals surface area (Å²) in [5.41, 5.74) is 9.87. The molecule has 3 amide bonds. The van der Waals surface area contributed by atoms with Gasteiger partial charge in [0.2, 0.25) is 0 Å². The first kappa shape index (κ1) is 47.7. The second-order valence-corrected chi connectivity index (χ2v) is 18.5. The molecule has 13 nitrogen and oxygen atoms in total. The summed E-state index contributed by atoms with van der Waals surface area (Å²) in [5.74, 6) is -0.682. The first-order valence-corrected chi connectivity index (χ1v) is 21.2. The van der Waals surface area contributed by atoms with Crippen LogP contribution in [0.3, 0.4) is 0 Å². The Kier molecular flexibility index (Phi) is 15.1.